The molecule has 0 N–H and O–H groups in total. The van der Waals surface area contributed by atoms with E-state index in [4.69, 9.17) is 4.42 Å². The number of nitrogens with zero attached hydrogens (tertiary/aromatic N) is 1. The zero-order valence-electron chi connectivity index (χ0n) is 26.6. The fraction of sp³-hybridized carbons (Fsp3) is 0.395. The third-order valence-corrected chi connectivity index (χ3v) is 9.46. The van der Waals surface area contributed by atoms with Gasteiger partial charge in [0.2, 0.25) is 5.69 Å². The molecule has 1 fully saturated rings. The van der Waals surface area contributed by atoms with Crippen molar-refractivity contribution in [2.24, 2.45) is 18.4 Å². The van der Waals surface area contributed by atoms with Gasteiger partial charge in [0, 0.05) is 24.3 Å². The van der Waals surface area contributed by atoms with Gasteiger partial charge in [-0.2, -0.15) is 0 Å². The van der Waals surface area contributed by atoms with Crippen LogP contribution in [-0.4, -0.2) is 0 Å². The Hall–Kier alpha value is -3.46. The van der Waals surface area contributed by atoms with Crippen LogP contribution in [-0.2, 0) is 7.05 Å². The second kappa shape index (κ2) is 10.4. The van der Waals surface area contributed by atoms with Crippen LogP contribution in [0.1, 0.15) is 90.2 Å². The first kappa shape index (κ1) is 26.4. The molecule has 0 radical (unpaired) electrons. The summed E-state index contributed by atoms with van der Waals surface area (Å²) in [6, 6.07) is 20.0. The van der Waals surface area contributed by atoms with E-state index >= 15 is 4.39 Å². The van der Waals surface area contributed by atoms with E-state index in [1.807, 2.05) is 30.3 Å². The van der Waals surface area contributed by atoms with E-state index in [1.165, 1.54) is 5.56 Å². The Kier molecular flexibility index (Phi) is 6.72. The van der Waals surface area contributed by atoms with E-state index in [2.05, 4.69) is 83.6 Å². The van der Waals surface area contributed by atoms with Gasteiger partial charge in [-0.3, -0.25) is 0 Å². The Labute approximate surface area is 245 Å². The van der Waals surface area contributed by atoms with Crippen molar-refractivity contribution in [3.8, 4) is 22.4 Å². The maximum absolute atomic E-state index is 15.6. The molecule has 212 valence electrons. The van der Waals surface area contributed by atoms with E-state index in [1.54, 1.807) is 6.07 Å². The van der Waals surface area contributed by atoms with Crippen LogP contribution in [0.15, 0.2) is 71.3 Å². The molecular weight excluding hydrogens is 505 g/mol. The molecule has 3 aromatic carbocycles. The molecule has 1 aliphatic rings. The molecule has 1 aliphatic carbocycles. The van der Waals surface area contributed by atoms with Crippen LogP contribution >= 0.6 is 0 Å². The molecule has 2 nitrogen and oxygen atoms in total. The summed E-state index contributed by atoms with van der Waals surface area (Å²) in [6.45, 7) is 13.4. The molecule has 0 aliphatic heterocycles. The van der Waals surface area contributed by atoms with Crippen LogP contribution in [0, 0.1) is 24.1 Å². The minimum Gasteiger partial charge on any atom is -0.454 e. The molecule has 0 unspecified atom stereocenters. The van der Waals surface area contributed by atoms with Crippen molar-refractivity contribution in [3.05, 3.63) is 89.4 Å². The average molecular weight is 550 g/mol. The number of hydrogen-bond acceptors (Lipinski definition) is 1. The molecule has 2 aromatic heterocycles. The Morgan fingerprint density at radius 2 is 1.51 bits per heavy atom. The van der Waals surface area contributed by atoms with Gasteiger partial charge in [0.15, 0.2) is 6.20 Å². The number of pyridine rings is 1. The molecule has 41 heavy (non-hydrogen) atoms. The van der Waals surface area contributed by atoms with Crippen LogP contribution in [0.4, 0.5) is 4.39 Å². The molecule has 0 atom stereocenters. The SMILES string of the molecule is [2H]C1(c2ccc(-c3c(F)ccc4c3oc3c(-c5cc(C(C)C)cc[n+]5C)c(C)ccc34)cc2)CCC(C(C)(C)C)CC1. The van der Waals surface area contributed by atoms with Crippen molar-refractivity contribution in [2.45, 2.75) is 79.0 Å². The van der Waals surface area contributed by atoms with Crippen LogP contribution in [0.5, 0.6) is 0 Å². The number of aryl methyl sites for hydroxylation is 2. The lowest BCUT2D eigenvalue weighted by atomic mass is 9.68. The van der Waals surface area contributed by atoms with Crippen LogP contribution in [0.2, 0.25) is 0 Å². The maximum Gasteiger partial charge on any atom is 0.216 e. The Balaban J connectivity index is 1.44. The number of fused-ring (bicyclic) bond motifs is 3. The molecule has 1 saturated carbocycles. The van der Waals surface area contributed by atoms with E-state index in [-0.39, 0.29) is 11.2 Å². The number of halogens is 1. The van der Waals surface area contributed by atoms with Gasteiger partial charge in [0.25, 0.3) is 0 Å². The third kappa shape index (κ3) is 4.98. The standard InChI is InChI=1S/C38H43FNO/c1-23(2)28-20-21-40(7)33(22-28)34-24(3)8-17-30-31-18-19-32(39)35(37(31)41-36(30)34)27-11-9-25(10-12-27)26-13-15-29(16-14-26)38(4,5)6/h8-12,17-23,26,29H,13-16H2,1-7H3/q+1/i26D. The normalized spacial score (nSPS) is 20.2. The van der Waals surface area contributed by atoms with Crippen LogP contribution < -0.4 is 4.57 Å². The van der Waals surface area contributed by atoms with E-state index < -0.39 is 5.89 Å². The van der Waals surface area contributed by atoms with Gasteiger partial charge >= 0.3 is 0 Å². The summed E-state index contributed by atoms with van der Waals surface area (Å²) in [4.78, 5) is 0. The molecule has 6 rings (SSSR count). The van der Waals surface area contributed by atoms with E-state index in [0.717, 1.165) is 70.0 Å². The molecule has 5 aromatic rings. The van der Waals surface area contributed by atoms with Crippen molar-refractivity contribution in [1.29, 1.82) is 0 Å². The van der Waals surface area contributed by atoms with Gasteiger partial charge in [-0.15, -0.1) is 0 Å². The van der Waals surface area contributed by atoms with Gasteiger partial charge in [-0.25, -0.2) is 8.96 Å². The highest BCUT2D eigenvalue weighted by atomic mass is 19.1. The molecule has 0 amide bonds. The number of benzene rings is 3. The summed E-state index contributed by atoms with van der Waals surface area (Å²) in [5, 5.41) is 1.89. The van der Waals surface area contributed by atoms with Crippen molar-refractivity contribution in [2.75, 3.05) is 0 Å². The van der Waals surface area contributed by atoms with Crippen LogP contribution in [0.25, 0.3) is 44.3 Å². The fourth-order valence-electron chi connectivity index (χ4n) is 6.75. The summed E-state index contributed by atoms with van der Waals surface area (Å²) >= 11 is 0. The maximum atomic E-state index is 15.6. The monoisotopic (exact) mass is 549 g/mol. The Morgan fingerprint density at radius 3 is 2.15 bits per heavy atom. The van der Waals surface area contributed by atoms with Crippen molar-refractivity contribution in [3.63, 3.8) is 0 Å². The van der Waals surface area contributed by atoms with E-state index in [0.29, 0.717) is 23.0 Å². The molecule has 0 bridgehead atoms. The van der Waals surface area contributed by atoms with Gasteiger partial charge in [0.1, 0.15) is 24.0 Å². The summed E-state index contributed by atoms with van der Waals surface area (Å²) in [5.41, 5.74) is 8.41. The van der Waals surface area contributed by atoms with Gasteiger partial charge < -0.3 is 4.42 Å². The zero-order valence-corrected chi connectivity index (χ0v) is 25.6. The number of furan rings is 1. The molecular formula is C38H43FNO+. The highest BCUT2D eigenvalue weighted by molar-refractivity contribution is 6.13. The number of hydrogen-bond donors (Lipinski definition) is 0. The molecule has 0 saturated heterocycles. The van der Waals surface area contributed by atoms with Crippen molar-refractivity contribution in [1.82, 2.24) is 0 Å². The summed E-state index contributed by atoms with van der Waals surface area (Å²) in [6.07, 6.45) is 5.97. The summed E-state index contributed by atoms with van der Waals surface area (Å²) in [7, 11) is 2.06. The van der Waals surface area contributed by atoms with E-state index in [9.17, 15) is 1.37 Å². The lowest BCUT2D eigenvalue weighted by Gasteiger charge is -2.37. The first-order valence-corrected chi connectivity index (χ1v) is 15.1. The largest absolute Gasteiger partial charge is 0.454 e. The smallest absolute Gasteiger partial charge is 0.216 e. The Bertz CT molecular complexity index is 1780. The van der Waals surface area contributed by atoms with Crippen molar-refractivity contribution >= 4 is 21.9 Å². The third-order valence-electron chi connectivity index (χ3n) is 9.46. The minimum absolute atomic E-state index is 0.279. The van der Waals surface area contributed by atoms with Crippen LogP contribution in [0.3, 0.4) is 0 Å². The Morgan fingerprint density at radius 1 is 0.878 bits per heavy atom. The van der Waals surface area contributed by atoms with Gasteiger partial charge in [-0.1, -0.05) is 71.0 Å². The van der Waals surface area contributed by atoms with Crippen molar-refractivity contribution < 1.29 is 14.7 Å². The molecule has 3 heteroatoms. The molecule has 2 heterocycles. The summed E-state index contributed by atoms with van der Waals surface area (Å²) in [5.74, 6) is 0.168. The second-order valence-electron chi connectivity index (χ2n) is 13.5. The highest BCUT2D eigenvalue weighted by Gasteiger charge is 2.30. The van der Waals surface area contributed by atoms with Gasteiger partial charge in [0.05, 0.1) is 11.1 Å². The lowest BCUT2D eigenvalue weighted by Crippen LogP contribution is -2.31. The predicted octanol–water partition coefficient (Wildman–Crippen LogP) is 10.6. The zero-order chi connectivity index (χ0) is 30.0. The topological polar surface area (TPSA) is 17.0 Å². The first-order chi connectivity index (χ1) is 19.9. The fourth-order valence-corrected chi connectivity index (χ4v) is 6.75. The molecule has 0 spiro atoms. The number of aromatic nitrogens is 1. The first-order valence-electron chi connectivity index (χ1n) is 15.6. The predicted molar refractivity (Wildman–Crippen MR) is 169 cm³/mol. The number of rotatable bonds is 4. The highest BCUT2D eigenvalue weighted by Crippen LogP contribution is 2.45. The average Bonchev–Trinajstić information content (AvgIpc) is 3.31. The minimum atomic E-state index is -0.587. The summed E-state index contributed by atoms with van der Waals surface area (Å²) < 4.78 is 33.7. The van der Waals surface area contributed by atoms with Gasteiger partial charge in [-0.05, 0) is 90.1 Å². The second-order valence-corrected chi connectivity index (χ2v) is 13.5. The quantitative estimate of drug-likeness (QED) is 0.204. The lowest BCUT2D eigenvalue weighted by molar-refractivity contribution is -0.660.